The highest BCUT2D eigenvalue weighted by molar-refractivity contribution is 6.10. The van der Waals surface area contributed by atoms with Crippen molar-refractivity contribution in [1.82, 2.24) is 4.57 Å². The summed E-state index contributed by atoms with van der Waals surface area (Å²) in [7, 11) is 3.36. The van der Waals surface area contributed by atoms with E-state index in [2.05, 4.69) is 120 Å². The molecule has 0 saturated carbocycles. The van der Waals surface area contributed by atoms with Crippen molar-refractivity contribution in [3.63, 3.8) is 0 Å². The Hall–Kier alpha value is -6.07. The van der Waals surface area contributed by atoms with E-state index >= 15 is 0 Å². The van der Waals surface area contributed by atoms with E-state index in [0.29, 0.717) is 0 Å². The molecule has 5 nitrogen and oxygen atoms in total. The van der Waals surface area contributed by atoms with Crippen LogP contribution in [-0.4, -0.2) is 24.5 Å². The molecule has 6 aromatic rings. The van der Waals surface area contributed by atoms with Crippen LogP contribution in [0.15, 0.2) is 162 Å². The first-order valence-corrected chi connectivity index (χ1v) is 16.2. The van der Waals surface area contributed by atoms with Gasteiger partial charge in [0.05, 0.1) is 31.3 Å². The maximum atomic E-state index is 5.58. The van der Waals surface area contributed by atoms with Gasteiger partial charge in [0.15, 0.2) is 0 Å². The van der Waals surface area contributed by atoms with Crippen molar-refractivity contribution >= 4 is 39.2 Å². The third kappa shape index (κ3) is 5.94. The van der Waals surface area contributed by atoms with E-state index in [1.165, 1.54) is 27.7 Å². The molecule has 48 heavy (non-hydrogen) atoms. The molecule has 1 aliphatic carbocycles. The van der Waals surface area contributed by atoms with E-state index in [-0.39, 0.29) is 0 Å². The molecule has 1 heterocycles. The Balaban J connectivity index is 1.41. The van der Waals surface area contributed by atoms with Gasteiger partial charge in [-0.3, -0.25) is 0 Å². The molecule has 1 aliphatic rings. The highest BCUT2D eigenvalue weighted by Crippen LogP contribution is 2.43. The normalized spacial score (nSPS) is 12.3. The fourth-order valence-electron chi connectivity index (χ4n) is 6.42. The SMILES string of the molecule is CCn1c(-c2ccccc2)c(C(=C2C=CC(=Nc3ccccc3OC)C=C2)c2ccc(Nc3ccccc3OC)cc2)c2ccccc21. The number of aryl methyl sites for hydroxylation is 1. The number of benzene rings is 5. The molecule has 0 fully saturated rings. The van der Waals surface area contributed by atoms with Crippen LogP contribution in [0.2, 0.25) is 0 Å². The number of allylic oxidation sites excluding steroid dienone is 5. The Morgan fingerprint density at radius 2 is 1.31 bits per heavy atom. The Labute approximate surface area is 281 Å². The van der Waals surface area contributed by atoms with Crippen molar-refractivity contribution in [1.29, 1.82) is 0 Å². The van der Waals surface area contributed by atoms with Gasteiger partial charge in [0, 0.05) is 28.7 Å². The van der Waals surface area contributed by atoms with Crippen LogP contribution in [-0.2, 0) is 6.54 Å². The quantitative estimate of drug-likeness (QED) is 0.173. The topological polar surface area (TPSA) is 47.8 Å². The molecular formula is C43H37N3O2. The maximum Gasteiger partial charge on any atom is 0.144 e. The summed E-state index contributed by atoms with van der Waals surface area (Å²) in [4.78, 5) is 4.90. The molecule has 0 aliphatic heterocycles. The molecular weight excluding hydrogens is 590 g/mol. The number of methoxy groups -OCH3 is 2. The lowest BCUT2D eigenvalue weighted by atomic mass is 9.87. The summed E-state index contributed by atoms with van der Waals surface area (Å²) in [6, 6.07) is 43.9. The predicted molar refractivity (Wildman–Crippen MR) is 200 cm³/mol. The molecule has 7 rings (SSSR count). The van der Waals surface area contributed by atoms with E-state index in [4.69, 9.17) is 14.5 Å². The van der Waals surface area contributed by atoms with Gasteiger partial charge in [0.2, 0.25) is 0 Å². The zero-order valence-corrected chi connectivity index (χ0v) is 27.4. The molecule has 0 unspecified atom stereocenters. The Morgan fingerprint density at radius 3 is 2.04 bits per heavy atom. The van der Waals surface area contributed by atoms with Gasteiger partial charge in [-0.1, -0.05) is 97.1 Å². The molecule has 0 bridgehead atoms. The van der Waals surface area contributed by atoms with Crippen molar-refractivity contribution in [3.8, 4) is 22.8 Å². The number of nitrogens with zero attached hydrogens (tertiary/aromatic N) is 2. The number of aromatic nitrogens is 1. The largest absolute Gasteiger partial charge is 0.495 e. The van der Waals surface area contributed by atoms with Crippen molar-refractivity contribution in [2.45, 2.75) is 13.5 Å². The van der Waals surface area contributed by atoms with Gasteiger partial charge in [0.1, 0.15) is 17.2 Å². The van der Waals surface area contributed by atoms with Gasteiger partial charge >= 0.3 is 0 Å². The highest BCUT2D eigenvalue weighted by atomic mass is 16.5. The molecule has 5 aromatic carbocycles. The first-order valence-electron chi connectivity index (χ1n) is 16.2. The van der Waals surface area contributed by atoms with E-state index in [0.717, 1.165) is 57.5 Å². The standard InChI is InChI=1S/C43H37N3O2/c1-4-46-38-19-11-8-16-35(38)42(43(46)32-14-6-5-7-15-32)41(30-22-26-33(27-23-30)44-36-17-9-12-20-39(36)47-2)31-24-28-34(29-25-31)45-37-18-10-13-21-40(37)48-3/h5-29,44H,4H2,1-3H3. The van der Waals surface area contributed by atoms with Gasteiger partial charge in [-0.25, -0.2) is 4.99 Å². The lowest BCUT2D eigenvalue weighted by Gasteiger charge is -2.18. The van der Waals surface area contributed by atoms with Crippen LogP contribution in [0.4, 0.5) is 17.1 Å². The number of para-hydroxylation sites is 5. The van der Waals surface area contributed by atoms with Gasteiger partial charge in [-0.15, -0.1) is 0 Å². The molecule has 0 radical (unpaired) electrons. The van der Waals surface area contributed by atoms with Crippen LogP contribution in [0.3, 0.4) is 0 Å². The average Bonchev–Trinajstić information content (AvgIpc) is 3.48. The summed E-state index contributed by atoms with van der Waals surface area (Å²) in [5.41, 5.74) is 11.7. The molecule has 0 atom stereocenters. The third-order valence-corrected chi connectivity index (χ3v) is 8.63. The van der Waals surface area contributed by atoms with Gasteiger partial charge in [0.25, 0.3) is 0 Å². The van der Waals surface area contributed by atoms with Crippen LogP contribution in [0.25, 0.3) is 27.7 Å². The van der Waals surface area contributed by atoms with E-state index in [1.54, 1.807) is 14.2 Å². The summed E-state index contributed by atoms with van der Waals surface area (Å²) in [6.07, 6.45) is 8.52. The number of anilines is 2. The second kappa shape index (κ2) is 13.7. The molecule has 1 aromatic heterocycles. The minimum absolute atomic E-state index is 0.746. The van der Waals surface area contributed by atoms with E-state index in [9.17, 15) is 0 Å². The summed E-state index contributed by atoms with van der Waals surface area (Å²) in [5, 5.41) is 4.74. The minimum atomic E-state index is 0.746. The van der Waals surface area contributed by atoms with Crippen molar-refractivity contribution in [2.75, 3.05) is 19.5 Å². The maximum absolute atomic E-state index is 5.58. The fraction of sp³-hybridized carbons (Fsp3) is 0.0930. The van der Waals surface area contributed by atoms with E-state index in [1.807, 2.05) is 48.5 Å². The first kappa shape index (κ1) is 30.6. The fourth-order valence-corrected chi connectivity index (χ4v) is 6.42. The summed E-state index contributed by atoms with van der Waals surface area (Å²) in [6.45, 7) is 3.06. The summed E-state index contributed by atoms with van der Waals surface area (Å²) >= 11 is 0. The molecule has 1 N–H and O–H groups in total. The number of hydrogen-bond donors (Lipinski definition) is 1. The van der Waals surface area contributed by atoms with Crippen molar-refractivity contribution in [3.05, 3.63) is 168 Å². The Kier molecular flexibility index (Phi) is 8.75. The van der Waals surface area contributed by atoms with Crippen LogP contribution in [0.1, 0.15) is 18.1 Å². The number of aliphatic imine (C=N–C) groups is 1. The summed E-state index contributed by atoms with van der Waals surface area (Å²) < 4.78 is 13.6. The predicted octanol–water partition coefficient (Wildman–Crippen LogP) is 10.8. The number of ether oxygens (including phenoxy) is 2. The second-order valence-electron chi connectivity index (χ2n) is 11.5. The molecule has 0 amide bonds. The Bertz CT molecular complexity index is 2190. The number of nitrogens with one attached hydrogen (secondary N) is 1. The lowest BCUT2D eigenvalue weighted by molar-refractivity contribution is 0.416. The van der Waals surface area contributed by atoms with Crippen LogP contribution in [0.5, 0.6) is 11.5 Å². The number of hydrogen-bond acceptors (Lipinski definition) is 4. The smallest absolute Gasteiger partial charge is 0.144 e. The Morgan fingerprint density at radius 1 is 0.667 bits per heavy atom. The lowest BCUT2D eigenvalue weighted by Crippen LogP contribution is -2.02. The highest BCUT2D eigenvalue weighted by Gasteiger charge is 2.24. The monoisotopic (exact) mass is 627 g/mol. The molecule has 5 heteroatoms. The van der Waals surface area contributed by atoms with Gasteiger partial charge in [-0.05, 0) is 83.8 Å². The van der Waals surface area contributed by atoms with Gasteiger partial charge < -0.3 is 19.4 Å². The van der Waals surface area contributed by atoms with Gasteiger partial charge in [-0.2, -0.15) is 0 Å². The van der Waals surface area contributed by atoms with Crippen molar-refractivity contribution in [2.24, 2.45) is 4.99 Å². The third-order valence-electron chi connectivity index (χ3n) is 8.63. The van der Waals surface area contributed by atoms with Crippen LogP contribution < -0.4 is 14.8 Å². The molecule has 0 saturated heterocycles. The zero-order chi connectivity index (χ0) is 32.9. The minimum Gasteiger partial charge on any atom is -0.495 e. The number of fused-ring (bicyclic) bond motifs is 1. The van der Waals surface area contributed by atoms with Crippen LogP contribution in [0, 0.1) is 0 Å². The second-order valence-corrected chi connectivity index (χ2v) is 11.5. The van der Waals surface area contributed by atoms with Crippen molar-refractivity contribution < 1.29 is 9.47 Å². The average molecular weight is 628 g/mol. The van der Waals surface area contributed by atoms with Crippen LogP contribution >= 0.6 is 0 Å². The number of rotatable bonds is 9. The summed E-state index contributed by atoms with van der Waals surface area (Å²) in [5.74, 6) is 1.54. The van der Waals surface area contributed by atoms with E-state index < -0.39 is 0 Å². The molecule has 0 spiro atoms. The molecule has 236 valence electrons. The first-order chi connectivity index (χ1) is 23.7. The zero-order valence-electron chi connectivity index (χ0n) is 27.4.